The van der Waals surface area contributed by atoms with Crippen LogP contribution in [0.25, 0.3) is 0 Å². The van der Waals surface area contributed by atoms with Crippen LogP contribution in [0.3, 0.4) is 0 Å². The summed E-state index contributed by atoms with van der Waals surface area (Å²) >= 11 is 0. The van der Waals surface area contributed by atoms with Crippen LogP contribution in [0.1, 0.15) is 13.3 Å². The van der Waals surface area contributed by atoms with Crippen molar-refractivity contribution < 1.29 is 9.84 Å². The lowest BCUT2D eigenvalue weighted by Crippen LogP contribution is -2.18. The SMILES string of the molecule is CCC(O)CNc1cccc(Oc2ccccc2)c1. The van der Waals surface area contributed by atoms with Crippen LogP contribution in [0.15, 0.2) is 54.6 Å². The Labute approximate surface area is 113 Å². The Morgan fingerprint density at radius 3 is 2.53 bits per heavy atom. The van der Waals surface area contributed by atoms with Gasteiger partial charge < -0.3 is 15.2 Å². The van der Waals surface area contributed by atoms with Crippen molar-refractivity contribution in [3.05, 3.63) is 54.6 Å². The fourth-order valence-electron chi connectivity index (χ4n) is 1.67. The first-order chi connectivity index (χ1) is 9.28. The summed E-state index contributed by atoms with van der Waals surface area (Å²) < 4.78 is 5.75. The summed E-state index contributed by atoms with van der Waals surface area (Å²) in [5, 5.41) is 12.7. The second-order valence-electron chi connectivity index (χ2n) is 4.39. The lowest BCUT2D eigenvalue weighted by Gasteiger charge is -2.12. The van der Waals surface area contributed by atoms with Crippen LogP contribution in [0.5, 0.6) is 11.5 Å². The maximum atomic E-state index is 9.53. The molecule has 0 fully saturated rings. The monoisotopic (exact) mass is 257 g/mol. The zero-order chi connectivity index (χ0) is 13.5. The molecule has 1 unspecified atom stereocenters. The number of rotatable bonds is 6. The first-order valence-corrected chi connectivity index (χ1v) is 6.53. The minimum absolute atomic E-state index is 0.321. The van der Waals surface area contributed by atoms with E-state index < -0.39 is 0 Å². The van der Waals surface area contributed by atoms with E-state index in [1.54, 1.807) is 0 Å². The van der Waals surface area contributed by atoms with Gasteiger partial charge in [0.15, 0.2) is 0 Å². The van der Waals surface area contributed by atoms with Crippen LogP contribution in [0.4, 0.5) is 5.69 Å². The molecule has 0 bridgehead atoms. The van der Waals surface area contributed by atoms with Gasteiger partial charge in [-0.05, 0) is 30.7 Å². The highest BCUT2D eigenvalue weighted by molar-refractivity contribution is 5.49. The molecule has 0 saturated heterocycles. The number of aliphatic hydroxyl groups excluding tert-OH is 1. The number of para-hydroxylation sites is 1. The van der Waals surface area contributed by atoms with Crippen LogP contribution < -0.4 is 10.1 Å². The van der Waals surface area contributed by atoms with Crippen molar-refractivity contribution in [3.63, 3.8) is 0 Å². The van der Waals surface area contributed by atoms with Gasteiger partial charge in [-0.1, -0.05) is 31.2 Å². The molecule has 2 aromatic rings. The van der Waals surface area contributed by atoms with E-state index in [1.165, 1.54) is 0 Å². The number of hydrogen-bond acceptors (Lipinski definition) is 3. The molecule has 0 heterocycles. The van der Waals surface area contributed by atoms with Gasteiger partial charge in [-0.25, -0.2) is 0 Å². The lowest BCUT2D eigenvalue weighted by atomic mass is 10.2. The molecule has 2 N–H and O–H groups in total. The highest BCUT2D eigenvalue weighted by Gasteiger charge is 2.02. The molecule has 0 amide bonds. The third kappa shape index (κ3) is 4.30. The summed E-state index contributed by atoms with van der Waals surface area (Å²) in [7, 11) is 0. The first-order valence-electron chi connectivity index (χ1n) is 6.53. The minimum Gasteiger partial charge on any atom is -0.457 e. The molecule has 0 saturated carbocycles. The predicted molar refractivity (Wildman–Crippen MR) is 77.7 cm³/mol. The number of nitrogens with one attached hydrogen (secondary N) is 1. The number of aliphatic hydroxyl groups is 1. The summed E-state index contributed by atoms with van der Waals surface area (Å²) in [5.41, 5.74) is 0.945. The number of anilines is 1. The van der Waals surface area contributed by atoms with E-state index in [1.807, 2.05) is 61.5 Å². The molecule has 3 nitrogen and oxygen atoms in total. The van der Waals surface area contributed by atoms with Crippen LogP contribution in [-0.4, -0.2) is 17.8 Å². The molecular formula is C16H19NO2. The van der Waals surface area contributed by atoms with Gasteiger partial charge in [-0.3, -0.25) is 0 Å². The molecule has 3 heteroatoms. The Balaban J connectivity index is 1.99. The van der Waals surface area contributed by atoms with Gasteiger partial charge in [-0.2, -0.15) is 0 Å². The fourth-order valence-corrected chi connectivity index (χ4v) is 1.67. The van der Waals surface area contributed by atoms with Gasteiger partial charge in [-0.15, -0.1) is 0 Å². The van der Waals surface area contributed by atoms with Crippen molar-refractivity contribution in [3.8, 4) is 11.5 Å². The molecular weight excluding hydrogens is 238 g/mol. The van der Waals surface area contributed by atoms with Crippen molar-refractivity contribution in [2.45, 2.75) is 19.4 Å². The Hall–Kier alpha value is -2.00. The van der Waals surface area contributed by atoms with Gasteiger partial charge >= 0.3 is 0 Å². The zero-order valence-electron chi connectivity index (χ0n) is 11.0. The summed E-state index contributed by atoms with van der Waals surface area (Å²) in [6.45, 7) is 2.51. The molecule has 100 valence electrons. The van der Waals surface area contributed by atoms with Crippen LogP contribution in [-0.2, 0) is 0 Å². The van der Waals surface area contributed by atoms with Crippen molar-refractivity contribution in [1.82, 2.24) is 0 Å². The fraction of sp³-hybridized carbons (Fsp3) is 0.250. The van der Waals surface area contributed by atoms with Crippen LogP contribution in [0.2, 0.25) is 0 Å². The topological polar surface area (TPSA) is 41.5 Å². The average molecular weight is 257 g/mol. The summed E-state index contributed by atoms with van der Waals surface area (Å²) in [6, 6.07) is 17.4. The molecule has 0 radical (unpaired) electrons. The molecule has 0 aliphatic heterocycles. The maximum absolute atomic E-state index is 9.53. The summed E-state index contributed by atoms with van der Waals surface area (Å²) in [5.74, 6) is 1.59. The largest absolute Gasteiger partial charge is 0.457 e. The normalized spacial score (nSPS) is 11.9. The van der Waals surface area contributed by atoms with E-state index in [0.717, 1.165) is 23.6 Å². The van der Waals surface area contributed by atoms with E-state index in [9.17, 15) is 5.11 Å². The van der Waals surface area contributed by atoms with Crippen LogP contribution >= 0.6 is 0 Å². The third-order valence-electron chi connectivity index (χ3n) is 2.83. The second-order valence-corrected chi connectivity index (χ2v) is 4.39. The van der Waals surface area contributed by atoms with Crippen LogP contribution in [0, 0.1) is 0 Å². The highest BCUT2D eigenvalue weighted by atomic mass is 16.5. The number of hydrogen-bond donors (Lipinski definition) is 2. The standard InChI is InChI=1S/C16H19NO2/c1-2-14(18)12-17-13-7-6-10-16(11-13)19-15-8-4-3-5-9-15/h3-11,14,17-18H,2,12H2,1H3. The van der Waals surface area contributed by atoms with Crippen molar-refractivity contribution in [1.29, 1.82) is 0 Å². The molecule has 1 atom stereocenters. The minimum atomic E-state index is -0.321. The van der Waals surface area contributed by atoms with Gasteiger partial charge in [0.2, 0.25) is 0 Å². The molecule has 0 aliphatic carbocycles. The first kappa shape index (κ1) is 13.4. The smallest absolute Gasteiger partial charge is 0.129 e. The molecule has 2 rings (SSSR count). The number of benzene rings is 2. The van der Waals surface area contributed by atoms with E-state index in [2.05, 4.69) is 5.32 Å². The molecule has 0 aromatic heterocycles. The summed E-state index contributed by atoms with van der Waals surface area (Å²) in [6.07, 6.45) is 0.423. The van der Waals surface area contributed by atoms with Crippen molar-refractivity contribution >= 4 is 5.69 Å². The van der Waals surface area contributed by atoms with Gasteiger partial charge in [0.05, 0.1) is 6.10 Å². The Bertz CT molecular complexity index is 499. The highest BCUT2D eigenvalue weighted by Crippen LogP contribution is 2.23. The number of ether oxygens (including phenoxy) is 1. The van der Waals surface area contributed by atoms with Gasteiger partial charge in [0.1, 0.15) is 11.5 Å². The predicted octanol–water partition coefficient (Wildman–Crippen LogP) is 3.66. The quantitative estimate of drug-likeness (QED) is 0.829. The zero-order valence-corrected chi connectivity index (χ0v) is 11.0. The summed E-state index contributed by atoms with van der Waals surface area (Å²) in [4.78, 5) is 0. The third-order valence-corrected chi connectivity index (χ3v) is 2.83. The van der Waals surface area contributed by atoms with E-state index in [0.29, 0.717) is 6.54 Å². The molecule has 0 spiro atoms. The lowest BCUT2D eigenvalue weighted by molar-refractivity contribution is 0.183. The Kier molecular flexibility index (Phi) is 4.81. The van der Waals surface area contributed by atoms with E-state index in [-0.39, 0.29) is 6.10 Å². The van der Waals surface area contributed by atoms with E-state index >= 15 is 0 Å². The van der Waals surface area contributed by atoms with Gasteiger partial charge in [0.25, 0.3) is 0 Å². The van der Waals surface area contributed by atoms with E-state index in [4.69, 9.17) is 4.74 Å². The van der Waals surface area contributed by atoms with Gasteiger partial charge in [0, 0.05) is 18.3 Å². The van der Waals surface area contributed by atoms with Crippen molar-refractivity contribution in [2.24, 2.45) is 0 Å². The molecule has 0 aliphatic rings. The maximum Gasteiger partial charge on any atom is 0.129 e. The Morgan fingerprint density at radius 2 is 1.79 bits per heavy atom. The molecule has 2 aromatic carbocycles. The molecule has 19 heavy (non-hydrogen) atoms. The Morgan fingerprint density at radius 1 is 1.05 bits per heavy atom. The second kappa shape index (κ2) is 6.81. The van der Waals surface area contributed by atoms with Crippen molar-refractivity contribution in [2.75, 3.05) is 11.9 Å². The average Bonchev–Trinajstić information content (AvgIpc) is 2.46.